The highest BCUT2D eigenvalue weighted by molar-refractivity contribution is 7.80. The molecule has 20 heavy (non-hydrogen) atoms. The van der Waals surface area contributed by atoms with Crippen LogP contribution in [0.1, 0.15) is 19.3 Å². The van der Waals surface area contributed by atoms with Gasteiger partial charge in [-0.05, 0) is 26.4 Å². The van der Waals surface area contributed by atoms with E-state index >= 15 is 0 Å². The zero-order valence-electron chi connectivity index (χ0n) is 12.0. The highest BCUT2D eigenvalue weighted by Gasteiger charge is 2.18. The number of unbranched alkanes of at least 4 members (excludes halogenated alkanes) is 1. The molecule has 0 spiro atoms. The van der Waals surface area contributed by atoms with Crippen LogP contribution in [0.2, 0.25) is 0 Å². The lowest BCUT2D eigenvalue weighted by Gasteiger charge is -2.32. The standard InChI is InChI=1S/C13H25N3O3S/c1-15-6-8-16(9-7-15)5-3-2-4-12(17)14-11(10-20)13(18)19/h11,20H,2-10H2,1H3,(H,14,17)(H,18,19). The molecule has 0 aromatic rings. The van der Waals surface area contributed by atoms with Gasteiger partial charge in [-0.25, -0.2) is 4.79 Å². The Kier molecular flexibility index (Phi) is 7.94. The summed E-state index contributed by atoms with van der Waals surface area (Å²) in [5.74, 6) is -1.13. The van der Waals surface area contributed by atoms with Crippen LogP contribution in [0.15, 0.2) is 0 Å². The molecule has 6 nitrogen and oxygen atoms in total. The Morgan fingerprint density at radius 2 is 1.90 bits per heavy atom. The smallest absolute Gasteiger partial charge is 0.327 e. The summed E-state index contributed by atoms with van der Waals surface area (Å²) in [6.07, 6.45) is 2.14. The van der Waals surface area contributed by atoms with E-state index in [0.717, 1.165) is 45.6 Å². The second kappa shape index (κ2) is 9.20. The molecule has 7 heteroatoms. The first-order valence-electron chi connectivity index (χ1n) is 7.07. The van der Waals surface area contributed by atoms with Crippen molar-refractivity contribution < 1.29 is 14.7 Å². The van der Waals surface area contributed by atoms with Crippen molar-refractivity contribution in [3.63, 3.8) is 0 Å². The fourth-order valence-electron chi connectivity index (χ4n) is 2.14. The van der Waals surface area contributed by atoms with E-state index in [2.05, 4.69) is 34.8 Å². The number of carboxylic acids is 1. The predicted molar refractivity (Wildman–Crippen MR) is 81.2 cm³/mol. The van der Waals surface area contributed by atoms with E-state index in [-0.39, 0.29) is 11.7 Å². The van der Waals surface area contributed by atoms with Crippen molar-refractivity contribution in [2.24, 2.45) is 0 Å². The van der Waals surface area contributed by atoms with Crippen LogP contribution >= 0.6 is 12.6 Å². The third kappa shape index (κ3) is 6.58. The maximum atomic E-state index is 11.6. The lowest BCUT2D eigenvalue weighted by molar-refractivity contribution is -0.141. The number of thiol groups is 1. The minimum Gasteiger partial charge on any atom is -0.480 e. The van der Waals surface area contributed by atoms with Crippen molar-refractivity contribution in [3.05, 3.63) is 0 Å². The first-order chi connectivity index (χ1) is 9.52. The molecule has 1 aliphatic rings. The summed E-state index contributed by atoms with van der Waals surface area (Å²) >= 11 is 3.91. The molecule has 0 radical (unpaired) electrons. The molecule has 1 atom stereocenters. The molecule has 1 saturated heterocycles. The molecule has 1 amide bonds. The second-order valence-corrected chi connectivity index (χ2v) is 5.61. The maximum absolute atomic E-state index is 11.6. The van der Waals surface area contributed by atoms with Gasteiger partial charge in [-0.1, -0.05) is 0 Å². The molecule has 1 heterocycles. The van der Waals surface area contributed by atoms with E-state index in [0.29, 0.717) is 6.42 Å². The maximum Gasteiger partial charge on any atom is 0.327 e. The van der Waals surface area contributed by atoms with E-state index in [1.165, 1.54) is 0 Å². The van der Waals surface area contributed by atoms with Gasteiger partial charge in [0.25, 0.3) is 0 Å². The van der Waals surface area contributed by atoms with Gasteiger partial charge in [0.15, 0.2) is 0 Å². The highest BCUT2D eigenvalue weighted by atomic mass is 32.1. The van der Waals surface area contributed by atoms with Gasteiger partial charge < -0.3 is 20.2 Å². The average molecular weight is 303 g/mol. The molecule has 1 rings (SSSR count). The molecule has 0 aromatic carbocycles. The van der Waals surface area contributed by atoms with Gasteiger partial charge in [0.1, 0.15) is 6.04 Å². The highest BCUT2D eigenvalue weighted by Crippen LogP contribution is 2.03. The van der Waals surface area contributed by atoms with Crippen LogP contribution in [0.5, 0.6) is 0 Å². The minimum absolute atomic E-state index is 0.113. The Morgan fingerprint density at radius 3 is 2.45 bits per heavy atom. The number of aliphatic carboxylic acids is 1. The summed E-state index contributed by atoms with van der Waals surface area (Å²) in [7, 11) is 2.13. The third-order valence-electron chi connectivity index (χ3n) is 3.54. The van der Waals surface area contributed by atoms with Crippen molar-refractivity contribution in [2.45, 2.75) is 25.3 Å². The summed E-state index contributed by atoms with van der Waals surface area (Å²) in [5.41, 5.74) is 0. The lowest BCUT2D eigenvalue weighted by atomic mass is 10.2. The number of hydrogen-bond donors (Lipinski definition) is 3. The molecule has 1 aliphatic heterocycles. The Balaban J connectivity index is 2.08. The number of nitrogens with one attached hydrogen (secondary N) is 1. The van der Waals surface area contributed by atoms with Crippen LogP contribution in [0, 0.1) is 0 Å². The Labute approximate surface area is 125 Å². The fourth-order valence-corrected chi connectivity index (χ4v) is 2.39. The van der Waals surface area contributed by atoms with Gasteiger partial charge in [0, 0.05) is 38.4 Å². The van der Waals surface area contributed by atoms with E-state index in [1.807, 2.05) is 0 Å². The van der Waals surface area contributed by atoms with Gasteiger partial charge in [-0.3, -0.25) is 4.79 Å². The number of hydrogen-bond acceptors (Lipinski definition) is 5. The number of carbonyl (C=O) groups is 2. The minimum atomic E-state index is -1.04. The monoisotopic (exact) mass is 303 g/mol. The SMILES string of the molecule is CN1CCN(CCCCC(=O)NC(CS)C(=O)O)CC1. The number of carboxylic acid groups (broad SMARTS) is 1. The van der Waals surface area contributed by atoms with Crippen molar-refractivity contribution in [1.82, 2.24) is 15.1 Å². The molecule has 0 aliphatic carbocycles. The molecule has 1 fully saturated rings. The summed E-state index contributed by atoms with van der Waals surface area (Å²) in [6.45, 7) is 5.38. The molecular formula is C13H25N3O3S. The van der Waals surface area contributed by atoms with Crippen LogP contribution in [-0.4, -0.2) is 78.3 Å². The fraction of sp³-hybridized carbons (Fsp3) is 0.846. The molecule has 1 unspecified atom stereocenters. The van der Waals surface area contributed by atoms with Gasteiger partial charge in [0.05, 0.1) is 0 Å². The van der Waals surface area contributed by atoms with Crippen molar-refractivity contribution in [2.75, 3.05) is 45.5 Å². The Hall–Kier alpha value is -0.790. The second-order valence-electron chi connectivity index (χ2n) is 5.24. The summed E-state index contributed by atoms with van der Waals surface area (Å²) < 4.78 is 0. The van der Waals surface area contributed by atoms with E-state index in [1.54, 1.807) is 0 Å². The molecule has 2 N–H and O–H groups in total. The molecule has 0 bridgehead atoms. The molecular weight excluding hydrogens is 278 g/mol. The zero-order valence-corrected chi connectivity index (χ0v) is 12.9. The zero-order chi connectivity index (χ0) is 15.0. The lowest BCUT2D eigenvalue weighted by Crippen LogP contribution is -2.44. The Morgan fingerprint density at radius 1 is 1.25 bits per heavy atom. The van der Waals surface area contributed by atoms with Gasteiger partial charge in [-0.2, -0.15) is 12.6 Å². The molecule has 0 aromatic heterocycles. The molecule has 116 valence electrons. The largest absolute Gasteiger partial charge is 0.480 e. The number of likely N-dealkylation sites (N-methyl/N-ethyl adjacent to an activating group) is 1. The number of rotatable bonds is 8. The quantitative estimate of drug-likeness (QED) is 0.431. The van der Waals surface area contributed by atoms with Crippen molar-refractivity contribution in [1.29, 1.82) is 0 Å². The summed E-state index contributed by atoms with van der Waals surface area (Å²) in [6, 6.07) is -0.886. The summed E-state index contributed by atoms with van der Waals surface area (Å²) in [4.78, 5) is 27.1. The van der Waals surface area contributed by atoms with Crippen LogP contribution in [0.25, 0.3) is 0 Å². The van der Waals surface area contributed by atoms with Crippen LogP contribution in [0.3, 0.4) is 0 Å². The van der Waals surface area contributed by atoms with Crippen LogP contribution in [0.4, 0.5) is 0 Å². The predicted octanol–water partition coefficient (Wildman–Crippen LogP) is -0.0967. The normalized spacial score (nSPS) is 18.7. The van der Waals surface area contributed by atoms with Crippen molar-refractivity contribution >= 4 is 24.5 Å². The first kappa shape index (κ1) is 17.3. The summed E-state index contributed by atoms with van der Waals surface area (Å²) in [5, 5.41) is 11.3. The van der Waals surface area contributed by atoms with E-state index in [4.69, 9.17) is 5.11 Å². The number of nitrogens with zero attached hydrogens (tertiary/aromatic N) is 2. The van der Waals surface area contributed by atoms with Gasteiger partial charge in [-0.15, -0.1) is 0 Å². The molecule has 0 saturated carbocycles. The number of carbonyl (C=O) groups excluding carboxylic acids is 1. The number of amides is 1. The topological polar surface area (TPSA) is 72.9 Å². The first-order valence-corrected chi connectivity index (χ1v) is 7.70. The Bertz CT molecular complexity index is 320. The van der Waals surface area contributed by atoms with E-state index < -0.39 is 12.0 Å². The average Bonchev–Trinajstić information content (AvgIpc) is 2.42. The number of piperazine rings is 1. The van der Waals surface area contributed by atoms with Crippen LogP contribution < -0.4 is 5.32 Å². The third-order valence-corrected chi connectivity index (χ3v) is 3.91. The van der Waals surface area contributed by atoms with Gasteiger partial charge >= 0.3 is 5.97 Å². The van der Waals surface area contributed by atoms with E-state index in [9.17, 15) is 9.59 Å². The van der Waals surface area contributed by atoms with Crippen molar-refractivity contribution in [3.8, 4) is 0 Å². The van der Waals surface area contributed by atoms with Gasteiger partial charge in [0.2, 0.25) is 5.91 Å². The van der Waals surface area contributed by atoms with Crippen LogP contribution in [-0.2, 0) is 9.59 Å².